The fourth-order valence-corrected chi connectivity index (χ4v) is 7.57. The molecule has 248 valence electrons. The highest BCUT2D eigenvalue weighted by Crippen LogP contribution is 2.42. The number of benzene rings is 1. The van der Waals surface area contributed by atoms with Crippen molar-refractivity contribution in [1.29, 1.82) is 0 Å². The first-order valence-electron chi connectivity index (χ1n) is 16.4. The van der Waals surface area contributed by atoms with Crippen molar-refractivity contribution in [1.82, 2.24) is 4.90 Å². The van der Waals surface area contributed by atoms with Crippen LogP contribution in [0.5, 0.6) is 0 Å². The van der Waals surface area contributed by atoms with Crippen molar-refractivity contribution in [2.75, 3.05) is 39.4 Å². The van der Waals surface area contributed by atoms with E-state index in [1.54, 1.807) is 45.4 Å². The molecule has 10 nitrogen and oxygen atoms in total. The zero-order valence-electron chi connectivity index (χ0n) is 26.7. The average molecular weight is 630 g/mol. The van der Waals surface area contributed by atoms with Crippen molar-refractivity contribution in [2.24, 2.45) is 29.4 Å². The van der Waals surface area contributed by atoms with E-state index in [0.717, 1.165) is 44.9 Å². The molecule has 5 rings (SSSR count). The quantitative estimate of drug-likeness (QED) is 0.329. The molecule has 0 spiro atoms. The van der Waals surface area contributed by atoms with E-state index in [9.17, 15) is 18.8 Å². The van der Waals surface area contributed by atoms with Gasteiger partial charge in [-0.15, -0.1) is 0 Å². The molecule has 0 unspecified atom stereocenters. The first-order valence-corrected chi connectivity index (χ1v) is 16.4. The first kappa shape index (κ1) is 33.3. The lowest BCUT2D eigenvalue weighted by Crippen LogP contribution is -2.50. The second kappa shape index (κ2) is 15.0. The standard InChI is InChI=1S/C34H48FN3O7/c1-20(42-2)19-44-34(41)30-17-24-16-25(10-13-29(24)45-30)37-32(39)31-27(21-8-11-26(43-3)12-9-21)14-15-38(31)33(40)23-6-4-22(5-7-23)28(36)18-35/h10,13,16-17,20-23,26-28,31H,4-9,11-12,14-15,18-19,36H2,1-3H3,(H,37,39)/t20-,21?,22?,23?,26?,27+,28-,31+/m1/s1. The van der Waals surface area contributed by atoms with Gasteiger partial charge in [-0.3, -0.25) is 9.59 Å². The smallest absolute Gasteiger partial charge is 0.374 e. The summed E-state index contributed by atoms with van der Waals surface area (Å²) in [7, 11) is 3.29. The lowest BCUT2D eigenvalue weighted by atomic mass is 9.75. The molecule has 2 aromatic rings. The van der Waals surface area contributed by atoms with E-state index in [4.69, 9.17) is 24.4 Å². The number of hydrogen-bond donors (Lipinski definition) is 2. The van der Waals surface area contributed by atoms with Crippen LogP contribution in [-0.4, -0.2) is 81.0 Å². The van der Waals surface area contributed by atoms with Crippen molar-refractivity contribution < 1.29 is 37.4 Å². The summed E-state index contributed by atoms with van der Waals surface area (Å²) in [4.78, 5) is 42.3. The van der Waals surface area contributed by atoms with Crippen LogP contribution in [-0.2, 0) is 23.8 Å². The van der Waals surface area contributed by atoms with Gasteiger partial charge in [0.2, 0.25) is 17.6 Å². The Morgan fingerprint density at radius 2 is 1.78 bits per heavy atom. The maximum Gasteiger partial charge on any atom is 0.374 e. The molecule has 1 aliphatic heterocycles. The summed E-state index contributed by atoms with van der Waals surface area (Å²) in [6.07, 6.45) is 7.38. The van der Waals surface area contributed by atoms with Gasteiger partial charge in [-0.1, -0.05) is 0 Å². The number of likely N-dealkylation sites (tertiary alicyclic amines) is 1. The maximum absolute atomic E-state index is 14.1. The molecule has 45 heavy (non-hydrogen) atoms. The van der Waals surface area contributed by atoms with Crippen LogP contribution in [0.25, 0.3) is 11.0 Å². The summed E-state index contributed by atoms with van der Waals surface area (Å²) >= 11 is 0. The highest BCUT2D eigenvalue weighted by molar-refractivity contribution is 6.00. The summed E-state index contributed by atoms with van der Waals surface area (Å²) in [6.45, 7) is 1.90. The normalized spacial score (nSPS) is 28.5. The van der Waals surface area contributed by atoms with Gasteiger partial charge in [-0.2, -0.15) is 0 Å². The largest absolute Gasteiger partial charge is 0.457 e. The minimum Gasteiger partial charge on any atom is -0.457 e. The van der Waals surface area contributed by atoms with Gasteiger partial charge < -0.3 is 34.6 Å². The van der Waals surface area contributed by atoms with Gasteiger partial charge in [0, 0.05) is 43.8 Å². The molecule has 2 aliphatic carbocycles. The minimum absolute atomic E-state index is 0.0201. The third kappa shape index (κ3) is 7.69. The van der Waals surface area contributed by atoms with Crippen LogP contribution in [0.3, 0.4) is 0 Å². The van der Waals surface area contributed by atoms with E-state index in [-0.39, 0.29) is 54.1 Å². The molecule has 1 aromatic carbocycles. The van der Waals surface area contributed by atoms with Gasteiger partial charge >= 0.3 is 5.97 Å². The van der Waals surface area contributed by atoms with Gasteiger partial charge in [-0.25, -0.2) is 9.18 Å². The molecule has 2 heterocycles. The monoisotopic (exact) mass is 629 g/mol. The number of amides is 2. The van der Waals surface area contributed by atoms with Crippen LogP contribution >= 0.6 is 0 Å². The Hall–Kier alpha value is -3.02. The summed E-state index contributed by atoms with van der Waals surface area (Å²) < 4.78 is 34.8. The van der Waals surface area contributed by atoms with E-state index in [1.165, 1.54) is 0 Å². The van der Waals surface area contributed by atoms with E-state index in [2.05, 4.69) is 5.32 Å². The number of alkyl halides is 1. The molecule has 2 amide bonds. The third-order valence-corrected chi connectivity index (χ3v) is 10.4. The number of hydrogen-bond acceptors (Lipinski definition) is 8. The number of anilines is 1. The number of carbonyl (C=O) groups excluding carboxylic acids is 3. The van der Waals surface area contributed by atoms with Crippen molar-refractivity contribution in [3.8, 4) is 0 Å². The van der Waals surface area contributed by atoms with Crippen LogP contribution in [0, 0.1) is 23.7 Å². The number of halogens is 1. The molecule has 3 aliphatic rings. The second-order valence-electron chi connectivity index (χ2n) is 13.1. The van der Waals surface area contributed by atoms with Crippen LogP contribution in [0.15, 0.2) is 28.7 Å². The van der Waals surface area contributed by atoms with Crippen LogP contribution in [0.1, 0.15) is 75.3 Å². The number of nitrogens with one attached hydrogen (secondary N) is 1. The number of esters is 1. The highest BCUT2D eigenvalue weighted by Gasteiger charge is 2.47. The lowest BCUT2D eigenvalue weighted by Gasteiger charge is -2.37. The predicted molar refractivity (Wildman–Crippen MR) is 167 cm³/mol. The molecule has 1 aromatic heterocycles. The number of ether oxygens (including phenoxy) is 3. The Labute approximate surface area is 264 Å². The SMILES string of the molecule is COC1CCC([C@@H]2CCN(C(=O)C3CCC([C@H](N)CF)CC3)[C@@H]2C(=O)Nc2ccc3oc(C(=O)OC[C@@H](C)OC)cc3c2)CC1. The molecule has 11 heteroatoms. The van der Waals surface area contributed by atoms with E-state index in [1.807, 2.05) is 4.90 Å². The molecule has 1 saturated heterocycles. The zero-order chi connectivity index (χ0) is 32.1. The number of methoxy groups -OCH3 is 2. The minimum atomic E-state index is -0.590. The topological polar surface area (TPSA) is 133 Å². The average Bonchev–Trinajstić information content (AvgIpc) is 3.71. The summed E-state index contributed by atoms with van der Waals surface area (Å²) in [5, 5.41) is 3.73. The van der Waals surface area contributed by atoms with Crippen LogP contribution in [0.2, 0.25) is 0 Å². The number of fused-ring (bicyclic) bond motifs is 1. The fourth-order valence-electron chi connectivity index (χ4n) is 7.57. The number of furan rings is 1. The molecule has 3 fully saturated rings. The second-order valence-corrected chi connectivity index (χ2v) is 13.1. The molecule has 3 N–H and O–H groups in total. The van der Waals surface area contributed by atoms with Gasteiger partial charge in [-0.05, 0) is 107 Å². The van der Waals surface area contributed by atoms with Crippen molar-refractivity contribution in [3.63, 3.8) is 0 Å². The number of nitrogens with two attached hydrogens (primary N) is 1. The van der Waals surface area contributed by atoms with Crippen molar-refractivity contribution >= 4 is 34.4 Å². The first-order chi connectivity index (χ1) is 21.7. The van der Waals surface area contributed by atoms with Crippen LogP contribution in [0.4, 0.5) is 10.1 Å². The van der Waals surface area contributed by atoms with Gasteiger partial charge in [0.1, 0.15) is 24.9 Å². The Morgan fingerprint density at radius 1 is 1.04 bits per heavy atom. The summed E-state index contributed by atoms with van der Waals surface area (Å²) in [5.74, 6) is -0.416. The van der Waals surface area contributed by atoms with Gasteiger partial charge in [0.15, 0.2) is 0 Å². The Kier molecular flexibility index (Phi) is 11.1. The molecular formula is C34H48FN3O7. The Bertz CT molecular complexity index is 1320. The Balaban J connectivity index is 1.31. The number of carbonyl (C=O) groups is 3. The van der Waals surface area contributed by atoms with E-state index < -0.39 is 24.7 Å². The highest BCUT2D eigenvalue weighted by atomic mass is 19.1. The summed E-state index contributed by atoms with van der Waals surface area (Å²) in [6, 6.07) is 5.74. The molecular weight excluding hydrogens is 581 g/mol. The summed E-state index contributed by atoms with van der Waals surface area (Å²) in [5.41, 5.74) is 7.01. The van der Waals surface area contributed by atoms with Gasteiger partial charge in [0.25, 0.3) is 0 Å². The van der Waals surface area contributed by atoms with E-state index in [0.29, 0.717) is 42.0 Å². The number of nitrogens with zero attached hydrogens (tertiary/aromatic N) is 1. The number of rotatable bonds is 11. The Morgan fingerprint density at radius 3 is 2.44 bits per heavy atom. The molecule has 2 saturated carbocycles. The maximum atomic E-state index is 14.1. The molecule has 4 atom stereocenters. The third-order valence-electron chi connectivity index (χ3n) is 10.4. The van der Waals surface area contributed by atoms with Gasteiger partial charge in [0.05, 0.1) is 12.2 Å². The van der Waals surface area contributed by atoms with E-state index >= 15 is 0 Å². The lowest BCUT2D eigenvalue weighted by molar-refractivity contribution is -0.142. The predicted octanol–water partition coefficient (Wildman–Crippen LogP) is 5.09. The van der Waals surface area contributed by atoms with Crippen molar-refractivity contribution in [3.05, 3.63) is 30.0 Å². The fraction of sp³-hybridized carbons (Fsp3) is 0.676. The van der Waals surface area contributed by atoms with Crippen molar-refractivity contribution in [2.45, 2.75) is 89.0 Å². The molecule has 0 radical (unpaired) electrons. The van der Waals surface area contributed by atoms with Crippen LogP contribution < -0.4 is 11.1 Å². The zero-order valence-corrected chi connectivity index (χ0v) is 26.7. The molecule has 0 bridgehead atoms.